The van der Waals surface area contributed by atoms with E-state index in [0.717, 1.165) is 12.0 Å². The summed E-state index contributed by atoms with van der Waals surface area (Å²) in [7, 11) is 1.44. The quantitative estimate of drug-likeness (QED) is 0.283. The molecule has 1 aromatic carbocycles. The zero-order valence-electron chi connectivity index (χ0n) is 21.0. The Balaban J connectivity index is 0.000000722. The molecule has 0 fully saturated rings. The van der Waals surface area contributed by atoms with E-state index in [1.54, 1.807) is 12.3 Å². The fourth-order valence-electron chi connectivity index (χ4n) is 2.92. The molecule has 0 aliphatic carbocycles. The van der Waals surface area contributed by atoms with Crippen molar-refractivity contribution in [3.05, 3.63) is 41.2 Å². The first-order valence-corrected chi connectivity index (χ1v) is 13.6. The second-order valence-corrected chi connectivity index (χ2v) is 9.18. The van der Waals surface area contributed by atoms with Crippen LogP contribution in [0.15, 0.2) is 40.1 Å². The maximum absolute atomic E-state index is 13.2. The summed E-state index contributed by atoms with van der Waals surface area (Å²) in [6, 6.07) is 3.70. The maximum Gasteiger partial charge on any atom is 0.284 e. The lowest BCUT2D eigenvalue weighted by Crippen LogP contribution is -2.14. The molecule has 1 aliphatic rings. The number of rotatable bonds is 8. The summed E-state index contributed by atoms with van der Waals surface area (Å²) in [5.41, 5.74) is 3.09. The first-order valence-electron chi connectivity index (χ1n) is 11.8. The summed E-state index contributed by atoms with van der Waals surface area (Å²) in [4.78, 5) is 8.49. The van der Waals surface area contributed by atoms with Crippen molar-refractivity contribution >= 4 is 31.8 Å². The Bertz CT molecular complexity index is 792. The molecule has 0 aromatic heterocycles. The molecule has 0 spiro atoms. The summed E-state index contributed by atoms with van der Waals surface area (Å²) in [5.74, 6) is 1.03. The van der Waals surface area contributed by atoms with Crippen LogP contribution in [0.5, 0.6) is 5.75 Å². The van der Waals surface area contributed by atoms with Gasteiger partial charge >= 0.3 is 0 Å². The van der Waals surface area contributed by atoms with Crippen LogP contribution in [0.1, 0.15) is 84.3 Å². The van der Waals surface area contributed by atoms with Crippen LogP contribution in [-0.4, -0.2) is 28.7 Å². The number of aromatic hydroxyl groups is 1. The Morgan fingerprint density at radius 1 is 1.21 bits per heavy atom. The number of hydrogen-bond donors (Lipinski definition) is 2. The largest absolute Gasteiger partial charge is 0.507 e. The molecule has 4 nitrogen and oxygen atoms in total. The predicted molar refractivity (Wildman–Crippen MR) is 146 cm³/mol. The third-order valence-corrected chi connectivity index (χ3v) is 6.07. The topological polar surface area (TPSA) is 71.0 Å². The number of alkyl halides is 2. The van der Waals surface area contributed by atoms with Crippen LogP contribution in [0.2, 0.25) is 0 Å². The number of nitrogens with zero attached hydrogens (tertiary/aromatic N) is 2. The average Bonchev–Trinajstić information content (AvgIpc) is 2.98. The van der Waals surface area contributed by atoms with Gasteiger partial charge in [0.15, 0.2) is 0 Å². The van der Waals surface area contributed by atoms with E-state index >= 15 is 0 Å². The lowest BCUT2D eigenvalue weighted by Gasteiger charge is -2.14. The van der Waals surface area contributed by atoms with Crippen LogP contribution in [0, 0.1) is 5.92 Å². The number of unbranched alkanes of at least 4 members (excludes halogenated alkanes) is 3. The van der Waals surface area contributed by atoms with Gasteiger partial charge in [0.05, 0.1) is 6.54 Å². The van der Waals surface area contributed by atoms with Crippen molar-refractivity contribution in [1.82, 2.24) is 0 Å². The lowest BCUT2D eigenvalue weighted by atomic mass is 10.0. The van der Waals surface area contributed by atoms with Gasteiger partial charge in [0.25, 0.3) is 5.66 Å². The Kier molecular flexibility index (Phi) is 16.3. The molecule has 2 rings (SSSR count). The molecule has 0 radical (unpaired) electrons. The van der Waals surface area contributed by atoms with Crippen molar-refractivity contribution in [3.8, 4) is 5.75 Å². The summed E-state index contributed by atoms with van der Waals surface area (Å²) < 4.78 is 26.5. The minimum Gasteiger partial charge on any atom is -0.507 e. The van der Waals surface area contributed by atoms with Crippen molar-refractivity contribution in [2.45, 2.75) is 78.8 Å². The van der Waals surface area contributed by atoms with E-state index < -0.39 is 5.66 Å². The summed E-state index contributed by atoms with van der Waals surface area (Å²) in [5, 5.41) is 10.6. The molecule has 3 N–H and O–H groups in total. The van der Waals surface area contributed by atoms with E-state index in [4.69, 9.17) is 5.73 Å². The monoisotopic (exact) mass is 501 g/mol. The Morgan fingerprint density at radius 2 is 1.88 bits per heavy atom. The Morgan fingerprint density at radius 3 is 2.39 bits per heavy atom. The second kappa shape index (κ2) is 17.0. The fourth-order valence-corrected chi connectivity index (χ4v) is 3.66. The zero-order valence-corrected chi connectivity index (χ0v) is 23.0. The summed E-state index contributed by atoms with van der Waals surface area (Å²) in [6.45, 7) is 11.2. The van der Waals surface area contributed by atoms with Crippen molar-refractivity contribution in [3.63, 3.8) is 0 Å². The van der Waals surface area contributed by atoms with Gasteiger partial charge in [-0.05, 0) is 30.4 Å². The van der Waals surface area contributed by atoms with E-state index in [-0.39, 0.29) is 11.3 Å². The fraction of sp³-hybridized carbons (Fsp3) is 0.600. The number of halogens is 2. The molecule has 1 aromatic rings. The minimum absolute atomic E-state index is 0.268. The van der Waals surface area contributed by atoms with E-state index in [1.165, 1.54) is 71.7 Å². The SMILES string of the molecule is CC.CCCCCCC(C)CC.CSC1=NC(N)=CCN=C1c1ccc(C(F)(F)P)cc1O. The number of phenolic OH excluding ortho intramolecular Hbond substituents is 1. The molecule has 33 heavy (non-hydrogen) atoms. The molecule has 0 saturated heterocycles. The molecule has 2 atom stereocenters. The molecule has 8 heteroatoms. The standard InChI is InChI=1S/C13H14F2N3OPS.C10H22.C2H6/c1-21-12-11(17-5-4-10(16)18-12)8-3-2-7(6-9(8)19)13(14,15)20;1-4-6-7-8-9-10(3)5-2;1-2/h2-4,6,19H,5,16,20H2,1H3;10H,4-9H2,1-3H3;1-2H3. The highest BCUT2D eigenvalue weighted by Gasteiger charge is 2.26. The third kappa shape index (κ3) is 12.0. The summed E-state index contributed by atoms with van der Waals surface area (Å²) >= 11 is 1.32. The van der Waals surface area contributed by atoms with Crippen LogP contribution in [0.3, 0.4) is 0 Å². The van der Waals surface area contributed by atoms with Gasteiger partial charge in [0, 0.05) is 11.1 Å². The normalized spacial score (nSPS) is 14.4. The van der Waals surface area contributed by atoms with Gasteiger partial charge in [-0.1, -0.05) is 88.4 Å². The average molecular weight is 502 g/mol. The minimum atomic E-state index is -3.09. The van der Waals surface area contributed by atoms with Crippen LogP contribution in [0.25, 0.3) is 0 Å². The molecular weight excluding hydrogens is 459 g/mol. The zero-order chi connectivity index (χ0) is 25.4. The van der Waals surface area contributed by atoms with Gasteiger partial charge in [-0.3, -0.25) is 4.99 Å². The van der Waals surface area contributed by atoms with Gasteiger partial charge in [0.2, 0.25) is 0 Å². The van der Waals surface area contributed by atoms with Gasteiger partial charge in [-0.15, -0.1) is 11.8 Å². The van der Waals surface area contributed by atoms with Crippen molar-refractivity contribution in [1.29, 1.82) is 0 Å². The van der Waals surface area contributed by atoms with Crippen molar-refractivity contribution in [2.24, 2.45) is 21.6 Å². The Labute approximate surface area is 205 Å². The molecule has 0 amide bonds. The molecule has 1 heterocycles. The lowest BCUT2D eigenvalue weighted by molar-refractivity contribution is 0.103. The van der Waals surface area contributed by atoms with Crippen LogP contribution < -0.4 is 5.73 Å². The maximum atomic E-state index is 13.2. The number of hydrogen-bond acceptors (Lipinski definition) is 5. The van der Waals surface area contributed by atoms with E-state index in [1.807, 2.05) is 13.8 Å². The van der Waals surface area contributed by atoms with Gasteiger partial charge in [-0.2, -0.15) is 8.78 Å². The first-order chi connectivity index (χ1) is 15.6. The van der Waals surface area contributed by atoms with E-state index in [0.29, 0.717) is 28.7 Å². The highest BCUT2D eigenvalue weighted by molar-refractivity contribution is 8.15. The predicted octanol–water partition coefficient (Wildman–Crippen LogP) is 7.71. The van der Waals surface area contributed by atoms with E-state index in [2.05, 4.69) is 30.8 Å². The number of benzene rings is 1. The molecular formula is C25H42F2N3OPS. The van der Waals surface area contributed by atoms with Crippen LogP contribution in [-0.2, 0) is 5.66 Å². The van der Waals surface area contributed by atoms with Crippen LogP contribution >= 0.6 is 21.0 Å². The third-order valence-electron chi connectivity index (χ3n) is 5.06. The number of nitrogens with two attached hydrogens (primary N) is 1. The molecule has 2 unspecified atom stereocenters. The van der Waals surface area contributed by atoms with Gasteiger partial charge < -0.3 is 10.8 Å². The molecule has 1 aliphatic heterocycles. The Hall–Kier alpha value is -1.46. The molecule has 0 saturated carbocycles. The first kappa shape index (κ1) is 31.5. The van der Waals surface area contributed by atoms with Crippen molar-refractivity contribution in [2.75, 3.05) is 12.8 Å². The second-order valence-electron chi connectivity index (χ2n) is 7.66. The number of phenols is 1. The van der Waals surface area contributed by atoms with E-state index in [9.17, 15) is 13.9 Å². The highest BCUT2D eigenvalue weighted by Crippen LogP contribution is 2.37. The number of aliphatic imine (C=N–C) groups is 2. The highest BCUT2D eigenvalue weighted by atomic mass is 32.2. The molecule has 188 valence electrons. The molecule has 0 bridgehead atoms. The summed E-state index contributed by atoms with van der Waals surface area (Å²) in [6.07, 6.45) is 11.9. The van der Waals surface area contributed by atoms with Crippen molar-refractivity contribution < 1.29 is 13.9 Å². The van der Waals surface area contributed by atoms with Gasteiger partial charge in [0.1, 0.15) is 22.3 Å². The number of thioether (sulfide) groups is 1. The van der Waals surface area contributed by atoms with Crippen LogP contribution in [0.4, 0.5) is 8.78 Å². The smallest absolute Gasteiger partial charge is 0.284 e. The van der Waals surface area contributed by atoms with Gasteiger partial charge in [-0.25, -0.2) is 4.99 Å².